The molecule has 1 aliphatic rings. The molecule has 0 aliphatic carbocycles. The molecule has 1 aliphatic heterocycles. The highest BCUT2D eigenvalue weighted by atomic mass is 35.5. The summed E-state index contributed by atoms with van der Waals surface area (Å²) in [7, 11) is 2.49. The van der Waals surface area contributed by atoms with E-state index in [1.807, 2.05) is 0 Å². The predicted molar refractivity (Wildman–Crippen MR) is 90.6 cm³/mol. The first-order valence-electron chi connectivity index (χ1n) is 7.41. The Labute approximate surface area is 146 Å². The van der Waals surface area contributed by atoms with Crippen molar-refractivity contribution in [3.8, 4) is 0 Å². The predicted octanol–water partition coefficient (Wildman–Crippen LogP) is 1.76. The molecule has 0 unspecified atom stereocenters. The fraction of sp³-hybridized carbons (Fsp3) is 0.438. The maximum Gasteiger partial charge on any atom is 0.337 e. The smallest absolute Gasteiger partial charge is 0.337 e. The van der Waals surface area contributed by atoms with Crippen molar-refractivity contribution in [1.29, 1.82) is 0 Å². The molecule has 24 heavy (non-hydrogen) atoms. The van der Waals surface area contributed by atoms with Gasteiger partial charge in [0.05, 0.1) is 31.4 Å². The van der Waals surface area contributed by atoms with Gasteiger partial charge in [-0.3, -0.25) is 4.79 Å². The van der Waals surface area contributed by atoms with E-state index >= 15 is 0 Å². The topological polar surface area (TPSA) is 93.7 Å². The molecule has 1 aromatic carbocycles. The molecule has 1 amide bonds. The highest BCUT2D eigenvalue weighted by Crippen LogP contribution is 2.18. The summed E-state index contributed by atoms with van der Waals surface area (Å²) >= 11 is 0. The average molecular weight is 357 g/mol. The van der Waals surface area contributed by atoms with E-state index in [2.05, 4.69) is 20.1 Å². The molecule has 0 spiro atoms. The largest absolute Gasteiger partial charge is 0.465 e. The van der Waals surface area contributed by atoms with Crippen molar-refractivity contribution in [2.45, 2.75) is 25.3 Å². The van der Waals surface area contributed by atoms with Gasteiger partial charge in [0.2, 0.25) is 5.91 Å². The summed E-state index contributed by atoms with van der Waals surface area (Å²) in [6.07, 6.45) is 2.79. The van der Waals surface area contributed by atoms with Crippen LogP contribution in [0, 0.1) is 0 Å². The Hall–Kier alpha value is -2.12. The maximum absolute atomic E-state index is 12.3. The normalized spacial score (nSPS) is 16.5. The molecular formula is C16H21ClN2O5. The van der Waals surface area contributed by atoms with E-state index in [-0.39, 0.29) is 35.5 Å². The van der Waals surface area contributed by atoms with Crippen LogP contribution in [0.3, 0.4) is 0 Å². The molecule has 0 bridgehead atoms. The fourth-order valence-corrected chi connectivity index (χ4v) is 2.48. The summed E-state index contributed by atoms with van der Waals surface area (Å²) in [6.45, 7) is 0.799. The van der Waals surface area contributed by atoms with Crippen LogP contribution < -0.4 is 10.6 Å². The first-order chi connectivity index (χ1) is 11.0. The molecule has 0 aromatic heterocycles. The van der Waals surface area contributed by atoms with Crippen LogP contribution in [-0.2, 0) is 14.3 Å². The summed E-state index contributed by atoms with van der Waals surface area (Å²) in [6, 6.07) is 4.04. The first kappa shape index (κ1) is 19.9. The summed E-state index contributed by atoms with van der Waals surface area (Å²) in [5.41, 5.74) is 0.690. The quantitative estimate of drug-likeness (QED) is 0.798. The molecule has 132 valence electrons. The number of nitrogens with one attached hydrogen (secondary N) is 2. The number of benzene rings is 1. The molecule has 0 radical (unpaired) electrons. The van der Waals surface area contributed by atoms with Crippen LogP contribution in [0.1, 0.15) is 40.0 Å². The van der Waals surface area contributed by atoms with Crippen LogP contribution >= 0.6 is 12.4 Å². The first-order valence-corrected chi connectivity index (χ1v) is 7.41. The van der Waals surface area contributed by atoms with Crippen LogP contribution in [0.5, 0.6) is 0 Å². The van der Waals surface area contributed by atoms with Gasteiger partial charge in [-0.2, -0.15) is 0 Å². The Kier molecular flexibility index (Phi) is 7.67. The van der Waals surface area contributed by atoms with E-state index in [1.165, 1.54) is 32.4 Å². The Balaban J connectivity index is 0.00000288. The second-order valence-electron chi connectivity index (χ2n) is 5.27. The standard InChI is InChI=1S/C16H20N2O5.ClH/c1-22-15(20)10-7-11(16(21)23-2)9-12(8-10)18-14(19)13-5-3-4-6-17-13;/h7-9,13,17H,3-6H2,1-2H3,(H,18,19);1H/t13-;/m0./s1. The van der Waals surface area contributed by atoms with Gasteiger partial charge in [-0.05, 0) is 37.6 Å². The van der Waals surface area contributed by atoms with Gasteiger partial charge in [-0.1, -0.05) is 6.42 Å². The number of anilines is 1. The Morgan fingerprint density at radius 3 is 2.08 bits per heavy atom. The van der Waals surface area contributed by atoms with Crippen molar-refractivity contribution >= 4 is 35.9 Å². The zero-order valence-electron chi connectivity index (χ0n) is 13.6. The Morgan fingerprint density at radius 1 is 1.04 bits per heavy atom. The number of halogens is 1. The van der Waals surface area contributed by atoms with E-state index in [1.54, 1.807) is 0 Å². The molecule has 2 rings (SSSR count). The highest BCUT2D eigenvalue weighted by molar-refractivity contribution is 6.00. The van der Waals surface area contributed by atoms with E-state index in [0.717, 1.165) is 25.8 Å². The number of rotatable bonds is 4. The molecule has 1 heterocycles. The number of carbonyl (C=O) groups is 3. The van der Waals surface area contributed by atoms with Gasteiger partial charge >= 0.3 is 11.9 Å². The number of piperidine rings is 1. The van der Waals surface area contributed by atoms with Gasteiger partial charge in [0.25, 0.3) is 0 Å². The summed E-state index contributed by atoms with van der Waals surface area (Å²) in [5.74, 6) is -1.38. The molecule has 7 nitrogen and oxygen atoms in total. The lowest BCUT2D eigenvalue weighted by atomic mass is 10.0. The SMILES string of the molecule is COC(=O)c1cc(NC(=O)[C@@H]2CCCCN2)cc(C(=O)OC)c1.Cl. The van der Waals surface area contributed by atoms with Gasteiger partial charge in [-0.25, -0.2) is 9.59 Å². The Bertz CT molecular complexity index is 580. The van der Waals surface area contributed by atoms with Crippen molar-refractivity contribution in [3.05, 3.63) is 29.3 Å². The molecule has 8 heteroatoms. The lowest BCUT2D eigenvalue weighted by Crippen LogP contribution is -2.43. The minimum Gasteiger partial charge on any atom is -0.465 e. The Morgan fingerprint density at radius 2 is 1.62 bits per heavy atom. The van der Waals surface area contributed by atoms with Crippen molar-refractivity contribution in [1.82, 2.24) is 5.32 Å². The third-order valence-electron chi connectivity index (χ3n) is 3.67. The highest BCUT2D eigenvalue weighted by Gasteiger charge is 2.21. The van der Waals surface area contributed by atoms with Crippen LogP contribution in [0.2, 0.25) is 0 Å². The summed E-state index contributed by atoms with van der Waals surface area (Å²) < 4.78 is 9.33. The maximum atomic E-state index is 12.3. The van der Waals surface area contributed by atoms with E-state index < -0.39 is 11.9 Å². The molecule has 1 fully saturated rings. The minimum absolute atomic E-state index is 0. The average Bonchev–Trinajstić information content (AvgIpc) is 2.60. The van der Waals surface area contributed by atoms with Crippen molar-refractivity contribution in [2.75, 3.05) is 26.1 Å². The number of amides is 1. The fourth-order valence-electron chi connectivity index (χ4n) is 2.48. The van der Waals surface area contributed by atoms with Gasteiger partial charge in [-0.15, -0.1) is 12.4 Å². The molecule has 1 aromatic rings. The van der Waals surface area contributed by atoms with Crippen LogP contribution in [-0.4, -0.2) is 44.7 Å². The zero-order valence-corrected chi connectivity index (χ0v) is 14.4. The van der Waals surface area contributed by atoms with E-state index in [4.69, 9.17) is 0 Å². The third-order valence-corrected chi connectivity index (χ3v) is 3.67. The molecule has 1 atom stereocenters. The van der Waals surface area contributed by atoms with E-state index in [0.29, 0.717) is 5.69 Å². The van der Waals surface area contributed by atoms with Gasteiger partial charge in [0.1, 0.15) is 0 Å². The number of carbonyl (C=O) groups excluding carboxylic acids is 3. The molecule has 1 saturated heterocycles. The second kappa shape index (κ2) is 9.24. The van der Waals surface area contributed by atoms with Gasteiger partial charge in [0, 0.05) is 5.69 Å². The summed E-state index contributed by atoms with van der Waals surface area (Å²) in [4.78, 5) is 35.7. The van der Waals surface area contributed by atoms with Crippen LogP contribution in [0.25, 0.3) is 0 Å². The zero-order chi connectivity index (χ0) is 16.8. The van der Waals surface area contributed by atoms with Gasteiger partial charge in [0.15, 0.2) is 0 Å². The molecular weight excluding hydrogens is 336 g/mol. The number of esters is 2. The van der Waals surface area contributed by atoms with Gasteiger partial charge < -0.3 is 20.1 Å². The number of hydrogen-bond acceptors (Lipinski definition) is 6. The number of hydrogen-bond donors (Lipinski definition) is 2. The van der Waals surface area contributed by atoms with Crippen molar-refractivity contribution in [2.24, 2.45) is 0 Å². The third kappa shape index (κ3) is 4.94. The van der Waals surface area contributed by atoms with Crippen LogP contribution in [0.4, 0.5) is 5.69 Å². The molecule has 2 N–H and O–H groups in total. The number of methoxy groups -OCH3 is 2. The molecule has 0 saturated carbocycles. The second-order valence-corrected chi connectivity index (χ2v) is 5.27. The van der Waals surface area contributed by atoms with E-state index in [9.17, 15) is 14.4 Å². The van der Waals surface area contributed by atoms with Crippen molar-refractivity contribution in [3.63, 3.8) is 0 Å². The van der Waals surface area contributed by atoms with Crippen LogP contribution in [0.15, 0.2) is 18.2 Å². The number of ether oxygens (including phenoxy) is 2. The lowest BCUT2D eigenvalue weighted by Gasteiger charge is -2.22. The minimum atomic E-state index is -0.595. The summed E-state index contributed by atoms with van der Waals surface area (Å²) in [5, 5.41) is 5.87. The van der Waals surface area contributed by atoms with Crippen molar-refractivity contribution < 1.29 is 23.9 Å². The monoisotopic (exact) mass is 356 g/mol. The lowest BCUT2D eigenvalue weighted by molar-refractivity contribution is -0.118.